The van der Waals surface area contributed by atoms with Gasteiger partial charge in [-0.15, -0.1) is 0 Å². The van der Waals surface area contributed by atoms with Crippen molar-refractivity contribution in [3.05, 3.63) is 84.2 Å². The van der Waals surface area contributed by atoms with E-state index in [2.05, 4.69) is 20.5 Å². The number of benzene rings is 3. The number of nitrogens with one attached hydrogen (secondary N) is 2. The van der Waals surface area contributed by atoms with Crippen molar-refractivity contribution in [1.29, 1.82) is 0 Å². The number of aromatic nitrogens is 1. The predicted molar refractivity (Wildman–Crippen MR) is 139 cm³/mol. The number of nitrogens with zero attached hydrogens (tertiary/aromatic N) is 2. The molecule has 190 valence electrons. The zero-order valence-corrected chi connectivity index (χ0v) is 20.3. The number of rotatable bonds is 6. The molecule has 2 N–H and O–H groups in total. The Bertz CT molecular complexity index is 1420. The molecule has 0 unspecified atom stereocenters. The molecule has 0 spiro atoms. The van der Waals surface area contributed by atoms with Gasteiger partial charge in [0.2, 0.25) is 5.82 Å². The molecule has 1 aliphatic rings. The Kier molecular flexibility index (Phi) is 7.25. The van der Waals surface area contributed by atoms with Crippen LogP contribution < -0.4 is 15.4 Å². The molecule has 1 aliphatic heterocycles. The highest BCUT2D eigenvalue weighted by Crippen LogP contribution is 2.33. The van der Waals surface area contributed by atoms with Crippen molar-refractivity contribution >= 4 is 28.2 Å². The van der Waals surface area contributed by atoms with Crippen LogP contribution in [0.5, 0.6) is 5.75 Å². The van der Waals surface area contributed by atoms with Crippen LogP contribution in [0.2, 0.25) is 0 Å². The van der Waals surface area contributed by atoms with E-state index in [0.29, 0.717) is 5.69 Å². The normalized spacial score (nSPS) is 13.9. The van der Waals surface area contributed by atoms with Gasteiger partial charge in [-0.1, -0.05) is 36.4 Å². The maximum Gasteiger partial charge on any atom is 0.323 e. The van der Waals surface area contributed by atoms with Crippen molar-refractivity contribution in [2.75, 3.05) is 44.0 Å². The Morgan fingerprint density at radius 3 is 2.41 bits per heavy atom. The standard InChI is InChI=1S/C28H26F2N4O3/c1-36-25-11-10-24(26(29)27(25)30)33-28(35)32-23-9-8-20(21-4-2-3-5-22(21)23)18-6-7-19(31-16-18)17-34-12-14-37-15-13-34/h2-11,16H,12-15,17H2,1H3,(H2,32,33,35). The summed E-state index contributed by atoms with van der Waals surface area (Å²) in [5.41, 5.74) is 3.15. The smallest absolute Gasteiger partial charge is 0.323 e. The van der Waals surface area contributed by atoms with Gasteiger partial charge in [-0.3, -0.25) is 9.88 Å². The third kappa shape index (κ3) is 5.37. The third-order valence-corrected chi connectivity index (χ3v) is 6.31. The van der Waals surface area contributed by atoms with Crippen LogP contribution in [0.25, 0.3) is 21.9 Å². The lowest BCUT2D eigenvalue weighted by Gasteiger charge is -2.26. The Hall–Kier alpha value is -4.08. The van der Waals surface area contributed by atoms with Gasteiger partial charge in [0.05, 0.1) is 37.4 Å². The van der Waals surface area contributed by atoms with E-state index >= 15 is 0 Å². The molecular weight excluding hydrogens is 478 g/mol. The quantitative estimate of drug-likeness (QED) is 0.354. The number of carbonyl (C=O) groups excluding carboxylic acids is 1. The maximum atomic E-state index is 14.3. The maximum absolute atomic E-state index is 14.3. The Morgan fingerprint density at radius 2 is 1.68 bits per heavy atom. The Morgan fingerprint density at radius 1 is 0.946 bits per heavy atom. The molecule has 0 radical (unpaired) electrons. The zero-order valence-electron chi connectivity index (χ0n) is 20.3. The number of urea groups is 1. The van der Waals surface area contributed by atoms with Crippen LogP contribution in [0.1, 0.15) is 5.69 Å². The number of pyridine rings is 1. The molecule has 0 saturated carbocycles. The summed E-state index contributed by atoms with van der Waals surface area (Å²) in [6, 6.07) is 17.2. The molecule has 3 aromatic carbocycles. The second-order valence-corrected chi connectivity index (χ2v) is 8.66. The number of hydrogen-bond acceptors (Lipinski definition) is 5. The number of hydrogen-bond donors (Lipinski definition) is 2. The summed E-state index contributed by atoms with van der Waals surface area (Å²) in [6.45, 7) is 4.07. The highest BCUT2D eigenvalue weighted by atomic mass is 19.2. The molecule has 7 nitrogen and oxygen atoms in total. The number of anilines is 2. The number of methoxy groups -OCH3 is 1. The second-order valence-electron chi connectivity index (χ2n) is 8.66. The molecule has 2 heterocycles. The number of fused-ring (bicyclic) bond motifs is 1. The summed E-state index contributed by atoms with van der Waals surface area (Å²) in [5, 5.41) is 6.82. The van der Waals surface area contributed by atoms with E-state index in [1.165, 1.54) is 19.2 Å². The van der Waals surface area contributed by atoms with Gasteiger partial charge >= 0.3 is 6.03 Å². The first-order valence-corrected chi connectivity index (χ1v) is 11.9. The van der Waals surface area contributed by atoms with Crippen LogP contribution in [0.4, 0.5) is 25.0 Å². The molecule has 0 bridgehead atoms. The Labute approximate surface area is 213 Å². The van der Waals surface area contributed by atoms with Gasteiger partial charge < -0.3 is 20.1 Å². The number of halogens is 2. The highest BCUT2D eigenvalue weighted by Gasteiger charge is 2.17. The summed E-state index contributed by atoms with van der Waals surface area (Å²) in [4.78, 5) is 19.6. The van der Waals surface area contributed by atoms with E-state index < -0.39 is 17.7 Å². The van der Waals surface area contributed by atoms with E-state index in [1.807, 2.05) is 48.7 Å². The molecule has 37 heavy (non-hydrogen) atoms. The van der Waals surface area contributed by atoms with Crippen molar-refractivity contribution in [1.82, 2.24) is 9.88 Å². The van der Waals surface area contributed by atoms with Crippen molar-refractivity contribution in [3.63, 3.8) is 0 Å². The van der Waals surface area contributed by atoms with Crippen LogP contribution in [-0.4, -0.2) is 49.3 Å². The van der Waals surface area contributed by atoms with Crippen LogP contribution in [0.15, 0.2) is 66.9 Å². The van der Waals surface area contributed by atoms with Crippen LogP contribution in [0, 0.1) is 11.6 Å². The highest BCUT2D eigenvalue weighted by molar-refractivity contribution is 6.09. The van der Waals surface area contributed by atoms with Gasteiger partial charge in [0.15, 0.2) is 11.6 Å². The average Bonchev–Trinajstić information content (AvgIpc) is 2.93. The lowest BCUT2D eigenvalue weighted by Crippen LogP contribution is -2.35. The summed E-state index contributed by atoms with van der Waals surface area (Å²) in [7, 11) is 1.24. The lowest BCUT2D eigenvalue weighted by atomic mass is 9.98. The van der Waals surface area contributed by atoms with Crippen molar-refractivity contribution in [2.24, 2.45) is 0 Å². The molecular formula is C28H26F2N4O3. The van der Waals surface area contributed by atoms with Crippen LogP contribution >= 0.6 is 0 Å². The summed E-state index contributed by atoms with van der Waals surface area (Å²) >= 11 is 0. The summed E-state index contributed by atoms with van der Waals surface area (Å²) < 4.78 is 38.5. The molecule has 5 rings (SSSR count). The Balaban J connectivity index is 1.35. The fourth-order valence-corrected chi connectivity index (χ4v) is 4.39. The lowest BCUT2D eigenvalue weighted by molar-refractivity contribution is 0.0336. The number of carbonyl (C=O) groups is 1. The topological polar surface area (TPSA) is 75.7 Å². The SMILES string of the molecule is COc1ccc(NC(=O)Nc2ccc(-c3ccc(CN4CCOCC4)nc3)c3ccccc23)c(F)c1F. The van der Waals surface area contributed by atoms with Gasteiger partial charge in [0, 0.05) is 36.8 Å². The van der Waals surface area contributed by atoms with E-state index in [0.717, 1.165) is 60.4 Å². The van der Waals surface area contributed by atoms with E-state index in [9.17, 15) is 13.6 Å². The average molecular weight is 505 g/mol. The van der Waals surface area contributed by atoms with Crippen LogP contribution in [-0.2, 0) is 11.3 Å². The van der Waals surface area contributed by atoms with Gasteiger partial charge in [0.25, 0.3) is 0 Å². The van der Waals surface area contributed by atoms with E-state index in [4.69, 9.17) is 9.47 Å². The van der Waals surface area contributed by atoms with Crippen molar-refractivity contribution < 1.29 is 23.0 Å². The predicted octanol–water partition coefficient (Wildman–Crippen LogP) is 5.66. The monoisotopic (exact) mass is 504 g/mol. The molecule has 9 heteroatoms. The molecule has 1 fully saturated rings. The fourth-order valence-electron chi connectivity index (χ4n) is 4.39. The summed E-state index contributed by atoms with van der Waals surface area (Å²) in [6.07, 6.45) is 1.86. The zero-order chi connectivity index (χ0) is 25.8. The second kappa shape index (κ2) is 10.9. The van der Waals surface area contributed by atoms with Gasteiger partial charge in [-0.05, 0) is 35.2 Å². The largest absolute Gasteiger partial charge is 0.494 e. The minimum atomic E-state index is -1.20. The molecule has 0 atom stereocenters. The van der Waals surface area contributed by atoms with Gasteiger partial charge in [-0.25, -0.2) is 9.18 Å². The number of amides is 2. The van der Waals surface area contributed by atoms with E-state index in [-0.39, 0.29) is 11.4 Å². The molecule has 4 aromatic rings. The van der Waals surface area contributed by atoms with Crippen LogP contribution in [0.3, 0.4) is 0 Å². The first-order chi connectivity index (χ1) is 18.0. The minimum absolute atomic E-state index is 0.242. The summed E-state index contributed by atoms with van der Waals surface area (Å²) in [5.74, 6) is -2.60. The first kappa shape index (κ1) is 24.6. The fraction of sp³-hybridized carbons (Fsp3) is 0.214. The van der Waals surface area contributed by atoms with Crippen molar-refractivity contribution in [3.8, 4) is 16.9 Å². The number of ether oxygens (including phenoxy) is 2. The first-order valence-electron chi connectivity index (χ1n) is 11.9. The van der Waals surface area contributed by atoms with Gasteiger partial charge in [0.1, 0.15) is 0 Å². The molecule has 2 amide bonds. The molecule has 1 saturated heterocycles. The third-order valence-electron chi connectivity index (χ3n) is 6.31. The minimum Gasteiger partial charge on any atom is -0.494 e. The molecule has 1 aromatic heterocycles. The van der Waals surface area contributed by atoms with Crippen molar-refractivity contribution in [2.45, 2.75) is 6.54 Å². The molecule has 0 aliphatic carbocycles. The van der Waals surface area contributed by atoms with E-state index in [1.54, 1.807) is 6.07 Å². The van der Waals surface area contributed by atoms with Gasteiger partial charge in [-0.2, -0.15) is 4.39 Å². The number of morpholine rings is 1.